The number of para-hydroxylation sites is 2. The van der Waals surface area contributed by atoms with Gasteiger partial charge in [-0.05, 0) is 25.0 Å². The van der Waals surface area contributed by atoms with Crippen LogP contribution in [0.3, 0.4) is 0 Å². The second-order valence-corrected chi connectivity index (χ2v) is 7.83. The smallest absolute Gasteiger partial charge is 0.161 e. The van der Waals surface area contributed by atoms with Gasteiger partial charge in [0, 0.05) is 38.8 Å². The van der Waals surface area contributed by atoms with Gasteiger partial charge >= 0.3 is 0 Å². The van der Waals surface area contributed by atoms with Crippen molar-refractivity contribution in [2.24, 2.45) is 0 Å². The summed E-state index contributed by atoms with van der Waals surface area (Å²) in [5, 5.41) is 0. The normalized spacial score (nSPS) is 26.8. The lowest BCUT2D eigenvalue weighted by Gasteiger charge is -2.41. The predicted molar refractivity (Wildman–Crippen MR) is 100 cm³/mol. The molecule has 1 saturated carbocycles. The summed E-state index contributed by atoms with van der Waals surface area (Å²) in [6.07, 6.45) is 10.2. The molecule has 2 fully saturated rings. The lowest BCUT2D eigenvalue weighted by molar-refractivity contribution is 0.0291. The highest BCUT2D eigenvalue weighted by Crippen LogP contribution is 2.31. The zero-order valence-electron chi connectivity index (χ0n) is 15.4. The average molecular weight is 344 g/mol. The Bertz CT molecular complexity index is 534. The molecule has 0 spiro atoms. The summed E-state index contributed by atoms with van der Waals surface area (Å²) in [5.74, 6) is 1.78. The van der Waals surface area contributed by atoms with Gasteiger partial charge in [0.15, 0.2) is 11.5 Å². The highest BCUT2D eigenvalue weighted by Gasteiger charge is 2.27. The first-order valence-electron chi connectivity index (χ1n) is 10.2. The van der Waals surface area contributed by atoms with Crippen molar-refractivity contribution in [3.05, 3.63) is 24.3 Å². The van der Waals surface area contributed by atoms with Crippen molar-refractivity contribution in [2.45, 2.75) is 57.1 Å². The van der Waals surface area contributed by atoms with Gasteiger partial charge in [0.1, 0.15) is 12.7 Å². The summed E-state index contributed by atoms with van der Waals surface area (Å²) in [5.41, 5.74) is 0. The van der Waals surface area contributed by atoms with Crippen molar-refractivity contribution in [3.8, 4) is 11.5 Å². The number of rotatable bonds is 3. The Morgan fingerprint density at radius 1 is 0.840 bits per heavy atom. The lowest BCUT2D eigenvalue weighted by atomic mass is 9.95. The Labute approximate surface area is 152 Å². The summed E-state index contributed by atoms with van der Waals surface area (Å²) in [6, 6.07) is 8.84. The maximum Gasteiger partial charge on any atom is 0.161 e. The minimum absolute atomic E-state index is 0.155. The van der Waals surface area contributed by atoms with E-state index < -0.39 is 0 Å². The van der Waals surface area contributed by atoms with Gasteiger partial charge in [-0.3, -0.25) is 9.80 Å². The zero-order valence-corrected chi connectivity index (χ0v) is 15.4. The fraction of sp³-hybridized carbons (Fsp3) is 0.714. The molecule has 2 aliphatic heterocycles. The van der Waals surface area contributed by atoms with Crippen LogP contribution in [0.25, 0.3) is 0 Å². The molecule has 1 unspecified atom stereocenters. The minimum atomic E-state index is 0.155. The first-order chi connectivity index (χ1) is 12.4. The second kappa shape index (κ2) is 8.41. The van der Waals surface area contributed by atoms with Crippen LogP contribution in [0.5, 0.6) is 11.5 Å². The van der Waals surface area contributed by atoms with Crippen molar-refractivity contribution in [1.29, 1.82) is 0 Å². The number of ether oxygens (including phenoxy) is 2. The van der Waals surface area contributed by atoms with Gasteiger partial charge in [0.25, 0.3) is 0 Å². The number of nitrogens with zero attached hydrogens (tertiary/aromatic N) is 2. The largest absolute Gasteiger partial charge is 0.486 e. The highest BCUT2D eigenvalue weighted by atomic mass is 16.6. The molecule has 4 heteroatoms. The molecular formula is C21H32N2O2. The summed E-state index contributed by atoms with van der Waals surface area (Å²) < 4.78 is 12.0. The van der Waals surface area contributed by atoms with Crippen LogP contribution in [0.4, 0.5) is 0 Å². The first kappa shape index (κ1) is 17.2. The molecule has 2 heterocycles. The lowest BCUT2D eigenvalue weighted by Crippen LogP contribution is -2.53. The zero-order chi connectivity index (χ0) is 16.9. The fourth-order valence-corrected chi connectivity index (χ4v) is 4.55. The third kappa shape index (κ3) is 4.48. The molecule has 0 aromatic heterocycles. The van der Waals surface area contributed by atoms with Gasteiger partial charge in [-0.1, -0.05) is 44.2 Å². The summed E-state index contributed by atoms with van der Waals surface area (Å²) >= 11 is 0. The molecule has 4 nitrogen and oxygen atoms in total. The van der Waals surface area contributed by atoms with E-state index in [-0.39, 0.29) is 6.10 Å². The Morgan fingerprint density at radius 2 is 1.52 bits per heavy atom. The summed E-state index contributed by atoms with van der Waals surface area (Å²) in [6.45, 7) is 6.41. The molecule has 1 atom stereocenters. The van der Waals surface area contributed by atoms with Crippen LogP contribution in [0.1, 0.15) is 44.9 Å². The van der Waals surface area contributed by atoms with Gasteiger partial charge < -0.3 is 9.47 Å². The average Bonchev–Trinajstić information content (AvgIpc) is 2.62. The van der Waals surface area contributed by atoms with Crippen LogP contribution >= 0.6 is 0 Å². The van der Waals surface area contributed by atoms with E-state index in [4.69, 9.17) is 9.47 Å². The minimum Gasteiger partial charge on any atom is -0.486 e. The number of hydrogen-bond donors (Lipinski definition) is 0. The van der Waals surface area contributed by atoms with Crippen molar-refractivity contribution in [1.82, 2.24) is 9.80 Å². The van der Waals surface area contributed by atoms with E-state index in [9.17, 15) is 0 Å². The van der Waals surface area contributed by atoms with Gasteiger partial charge in [0.2, 0.25) is 0 Å². The maximum absolute atomic E-state index is 6.13. The molecule has 1 aliphatic carbocycles. The van der Waals surface area contributed by atoms with E-state index in [1.807, 2.05) is 24.3 Å². The summed E-state index contributed by atoms with van der Waals surface area (Å²) in [7, 11) is 0. The molecule has 0 radical (unpaired) electrons. The van der Waals surface area contributed by atoms with Crippen molar-refractivity contribution in [2.75, 3.05) is 39.3 Å². The van der Waals surface area contributed by atoms with Crippen molar-refractivity contribution in [3.63, 3.8) is 0 Å². The third-order valence-electron chi connectivity index (χ3n) is 6.03. The molecule has 138 valence electrons. The molecule has 0 amide bonds. The Hall–Kier alpha value is -1.26. The number of fused-ring (bicyclic) bond motifs is 1. The SMILES string of the molecule is c1ccc2c(c1)OCC(CN1CCN(C3CCCCCCC3)CC1)O2. The molecule has 0 N–H and O–H groups in total. The quantitative estimate of drug-likeness (QED) is 0.837. The molecule has 1 saturated heterocycles. The van der Waals surface area contributed by atoms with Crippen LogP contribution in [0.2, 0.25) is 0 Å². The van der Waals surface area contributed by atoms with Crippen molar-refractivity contribution < 1.29 is 9.47 Å². The van der Waals surface area contributed by atoms with Gasteiger partial charge in [-0.25, -0.2) is 0 Å². The molecule has 1 aromatic carbocycles. The maximum atomic E-state index is 6.13. The van der Waals surface area contributed by atoms with Crippen LogP contribution < -0.4 is 9.47 Å². The topological polar surface area (TPSA) is 24.9 Å². The van der Waals surface area contributed by atoms with E-state index >= 15 is 0 Å². The Balaban J connectivity index is 1.24. The molecule has 25 heavy (non-hydrogen) atoms. The van der Waals surface area contributed by atoms with Crippen LogP contribution in [0.15, 0.2) is 24.3 Å². The van der Waals surface area contributed by atoms with Gasteiger partial charge in [0.05, 0.1) is 0 Å². The highest BCUT2D eigenvalue weighted by molar-refractivity contribution is 5.40. The van der Waals surface area contributed by atoms with Gasteiger partial charge in [-0.2, -0.15) is 0 Å². The standard InChI is InChI=1S/C21H32N2O2/c1-2-4-8-18(9-5-3-1)23-14-12-22(13-15-23)16-19-17-24-20-10-6-7-11-21(20)25-19/h6-7,10-11,18-19H,1-5,8-9,12-17H2. The Kier molecular flexibility index (Phi) is 5.78. The molecule has 0 bridgehead atoms. The van der Waals surface area contributed by atoms with E-state index in [1.54, 1.807) is 0 Å². The number of piperazine rings is 1. The van der Waals surface area contributed by atoms with E-state index in [2.05, 4.69) is 9.80 Å². The second-order valence-electron chi connectivity index (χ2n) is 7.83. The fourth-order valence-electron chi connectivity index (χ4n) is 4.55. The molecular weight excluding hydrogens is 312 g/mol. The third-order valence-corrected chi connectivity index (χ3v) is 6.03. The first-order valence-corrected chi connectivity index (χ1v) is 10.2. The monoisotopic (exact) mass is 344 g/mol. The van der Waals surface area contributed by atoms with Crippen LogP contribution in [-0.2, 0) is 0 Å². The van der Waals surface area contributed by atoms with Crippen LogP contribution in [-0.4, -0.2) is 61.3 Å². The Morgan fingerprint density at radius 3 is 2.28 bits per heavy atom. The number of benzene rings is 1. The van der Waals surface area contributed by atoms with Crippen molar-refractivity contribution >= 4 is 0 Å². The summed E-state index contributed by atoms with van der Waals surface area (Å²) in [4.78, 5) is 5.32. The van der Waals surface area contributed by atoms with E-state index in [0.29, 0.717) is 6.61 Å². The molecule has 4 rings (SSSR count). The predicted octanol–water partition coefficient (Wildman–Crippen LogP) is 3.56. The molecule has 3 aliphatic rings. The van der Waals surface area contributed by atoms with Gasteiger partial charge in [-0.15, -0.1) is 0 Å². The number of hydrogen-bond acceptors (Lipinski definition) is 4. The van der Waals surface area contributed by atoms with E-state index in [0.717, 1.165) is 37.2 Å². The molecule has 1 aromatic rings. The van der Waals surface area contributed by atoms with Crippen LogP contribution in [0, 0.1) is 0 Å². The van der Waals surface area contributed by atoms with E-state index in [1.165, 1.54) is 58.0 Å².